The first-order valence-electron chi connectivity index (χ1n) is 7.29. The number of nitrogens with one attached hydrogen (secondary N) is 2. The number of amides is 2. The number of alkyl halides is 1. The zero-order valence-corrected chi connectivity index (χ0v) is 13.1. The van der Waals surface area contributed by atoms with Gasteiger partial charge in [-0.2, -0.15) is 0 Å². The number of carbonyl (C=O) groups excluding carboxylic acids is 2. The standard InChI is InChI=1S/C15H20ClN3O3/c16-6-3-7-17-14(20)15(21)18-12-4-1-2-5-13(12)19-8-10-22-11-9-19/h1-2,4-5H,3,6-11H2,(H,17,20)(H,18,21). The van der Waals surface area contributed by atoms with Gasteiger partial charge in [0.2, 0.25) is 0 Å². The van der Waals surface area contributed by atoms with Crippen LogP contribution in [0.1, 0.15) is 6.42 Å². The third-order valence-electron chi connectivity index (χ3n) is 3.31. The maximum atomic E-state index is 11.9. The van der Waals surface area contributed by atoms with Crippen LogP contribution < -0.4 is 15.5 Å². The van der Waals surface area contributed by atoms with Gasteiger partial charge in [-0.3, -0.25) is 9.59 Å². The van der Waals surface area contributed by atoms with Gasteiger partial charge in [-0.05, 0) is 18.6 Å². The molecule has 0 spiro atoms. The Bertz CT molecular complexity index is 519. The second-order valence-electron chi connectivity index (χ2n) is 4.87. The van der Waals surface area contributed by atoms with E-state index in [9.17, 15) is 9.59 Å². The van der Waals surface area contributed by atoms with Gasteiger partial charge in [0.15, 0.2) is 0 Å². The Morgan fingerprint density at radius 2 is 1.91 bits per heavy atom. The molecule has 0 aromatic heterocycles. The van der Waals surface area contributed by atoms with Crippen molar-refractivity contribution in [1.29, 1.82) is 0 Å². The van der Waals surface area contributed by atoms with Crippen molar-refractivity contribution in [1.82, 2.24) is 5.32 Å². The molecule has 0 radical (unpaired) electrons. The molecule has 0 bridgehead atoms. The number of rotatable bonds is 5. The maximum Gasteiger partial charge on any atom is 0.313 e. The summed E-state index contributed by atoms with van der Waals surface area (Å²) in [4.78, 5) is 25.8. The number of para-hydroxylation sites is 2. The lowest BCUT2D eigenvalue weighted by Gasteiger charge is -2.30. The van der Waals surface area contributed by atoms with Gasteiger partial charge < -0.3 is 20.3 Å². The molecule has 6 nitrogen and oxygen atoms in total. The highest BCUT2D eigenvalue weighted by molar-refractivity contribution is 6.39. The van der Waals surface area contributed by atoms with Gasteiger partial charge in [-0.25, -0.2) is 0 Å². The summed E-state index contributed by atoms with van der Waals surface area (Å²) >= 11 is 5.53. The van der Waals surface area contributed by atoms with Crippen molar-refractivity contribution < 1.29 is 14.3 Å². The Balaban J connectivity index is 1.99. The van der Waals surface area contributed by atoms with Gasteiger partial charge >= 0.3 is 11.8 Å². The molecule has 120 valence electrons. The van der Waals surface area contributed by atoms with E-state index in [4.69, 9.17) is 16.3 Å². The van der Waals surface area contributed by atoms with Crippen LogP contribution in [0.15, 0.2) is 24.3 Å². The van der Waals surface area contributed by atoms with Crippen molar-refractivity contribution >= 4 is 34.8 Å². The molecule has 1 aliphatic rings. The average Bonchev–Trinajstić information content (AvgIpc) is 2.56. The molecule has 1 aliphatic heterocycles. The lowest BCUT2D eigenvalue weighted by atomic mass is 10.2. The monoisotopic (exact) mass is 325 g/mol. The van der Waals surface area contributed by atoms with E-state index in [0.717, 1.165) is 18.8 Å². The Morgan fingerprint density at radius 1 is 1.18 bits per heavy atom. The normalized spacial score (nSPS) is 14.5. The van der Waals surface area contributed by atoms with Gasteiger partial charge in [-0.1, -0.05) is 12.1 Å². The lowest BCUT2D eigenvalue weighted by Crippen LogP contribution is -2.38. The first-order chi connectivity index (χ1) is 10.7. The molecule has 1 saturated heterocycles. The van der Waals surface area contributed by atoms with E-state index in [1.165, 1.54) is 0 Å². The molecule has 0 saturated carbocycles. The summed E-state index contributed by atoms with van der Waals surface area (Å²) in [5.41, 5.74) is 1.52. The van der Waals surface area contributed by atoms with Crippen LogP contribution in [0, 0.1) is 0 Å². The van der Waals surface area contributed by atoms with Crippen LogP contribution in [0.5, 0.6) is 0 Å². The van der Waals surface area contributed by atoms with Gasteiger partial charge in [0.05, 0.1) is 24.6 Å². The number of carbonyl (C=O) groups is 2. The fraction of sp³-hybridized carbons (Fsp3) is 0.467. The summed E-state index contributed by atoms with van der Waals surface area (Å²) in [7, 11) is 0. The van der Waals surface area contributed by atoms with E-state index in [1.807, 2.05) is 18.2 Å². The van der Waals surface area contributed by atoms with Gasteiger partial charge in [-0.15, -0.1) is 11.6 Å². The highest BCUT2D eigenvalue weighted by Crippen LogP contribution is 2.26. The third-order valence-corrected chi connectivity index (χ3v) is 3.57. The van der Waals surface area contributed by atoms with Crippen LogP contribution in [-0.4, -0.2) is 50.5 Å². The van der Waals surface area contributed by atoms with Crippen LogP contribution >= 0.6 is 11.6 Å². The Kier molecular flexibility index (Phi) is 6.48. The molecule has 1 fully saturated rings. The van der Waals surface area contributed by atoms with Gasteiger partial charge in [0.1, 0.15) is 0 Å². The molecular weight excluding hydrogens is 306 g/mol. The van der Waals surface area contributed by atoms with Crippen LogP contribution in [0.3, 0.4) is 0 Å². The number of halogens is 1. The number of anilines is 2. The summed E-state index contributed by atoms with van der Waals surface area (Å²) in [6.07, 6.45) is 0.630. The molecule has 2 rings (SSSR count). The molecule has 1 aromatic carbocycles. The van der Waals surface area contributed by atoms with E-state index in [-0.39, 0.29) is 0 Å². The lowest BCUT2D eigenvalue weighted by molar-refractivity contribution is -0.136. The molecular formula is C15H20ClN3O3. The van der Waals surface area contributed by atoms with Crippen LogP contribution in [0.25, 0.3) is 0 Å². The van der Waals surface area contributed by atoms with Crippen molar-refractivity contribution in [3.63, 3.8) is 0 Å². The predicted octanol–water partition coefficient (Wildman–Crippen LogP) is 1.21. The SMILES string of the molecule is O=C(NCCCCl)C(=O)Nc1ccccc1N1CCOCC1. The zero-order valence-electron chi connectivity index (χ0n) is 12.3. The van der Waals surface area contributed by atoms with Crippen molar-refractivity contribution in [2.45, 2.75) is 6.42 Å². The topological polar surface area (TPSA) is 70.7 Å². The molecule has 0 aliphatic carbocycles. The van der Waals surface area contributed by atoms with Crippen LogP contribution in [-0.2, 0) is 14.3 Å². The summed E-state index contributed by atoms with van der Waals surface area (Å²) in [6, 6.07) is 7.44. The summed E-state index contributed by atoms with van der Waals surface area (Å²) in [5, 5.41) is 5.20. The second-order valence-corrected chi connectivity index (χ2v) is 5.25. The van der Waals surface area contributed by atoms with E-state index in [0.29, 0.717) is 37.7 Å². The van der Waals surface area contributed by atoms with Crippen LogP contribution in [0.2, 0.25) is 0 Å². The van der Waals surface area contributed by atoms with Crippen molar-refractivity contribution in [2.24, 2.45) is 0 Å². The minimum atomic E-state index is -0.671. The van der Waals surface area contributed by atoms with Crippen molar-refractivity contribution in [3.05, 3.63) is 24.3 Å². The number of benzene rings is 1. The Morgan fingerprint density at radius 3 is 2.64 bits per heavy atom. The smallest absolute Gasteiger partial charge is 0.313 e. The zero-order chi connectivity index (χ0) is 15.8. The van der Waals surface area contributed by atoms with Crippen LogP contribution in [0.4, 0.5) is 11.4 Å². The average molecular weight is 326 g/mol. The number of hydrogen-bond donors (Lipinski definition) is 2. The minimum absolute atomic E-state index is 0.390. The number of nitrogens with zero attached hydrogens (tertiary/aromatic N) is 1. The first kappa shape index (κ1) is 16.6. The maximum absolute atomic E-state index is 11.9. The number of hydrogen-bond acceptors (Lipinski definition) is 4. The molecule has 22 heavy (non-hydrogen) atoms. The Hall–Kier alpha value is -1.79. The first-order valence-corrected chi connectivity index (χ1v) is 7.82. The number of morpholine rings is 1. The fourth-order valence-corrected chi connectivity index (χ4v) is 2.32. The largest absolute Gasteiger partial charge is 0.378 e. The second kappa shape index (κ2) is 8.60. The molecule has 0 unspecified atom stereocenters. The summed E-state index contributed by atoms with van der Waals surface area (Å²) in [5.74, 6) is -0.876. The molecule has 1 aromatic rings. The fourth-order valence-electron chi connectivity index (χ4n) is 2.19. The van der Waals surface area contributed by atoms with Gasteiger partial charge in [0, 0.05) is 25.5 Å². The highest BCUT2D eigenvalue weighted by Gasteiger charge is 2.18. The van der Waals surface area contributed by atoms with Crippen molar-refractivity contribution in [3.8, 4) is 0 Å². The van der Waals surface area contributed by atoms with E-state index >= 15 is 0 Å². The molecule has 2 amide bonds. The Labute approximate surface area is 134 Å². The molecule has 0 atom stereocenters. The predicted molar refractivity (Wildman–Crippen MR) is 86.5 cm³/mol. The summed E-state index contributed by atoms with van der Waals surface area (Å²) in [6.45, 7) is 3.22. The molecule has 7 heteroatoms. The molecule has 1 heterocycles. The highest BCUT2D eigenvalue weighted by atomic mass is 35.5. The number of ether oxygens (including phenoxy) is 1. The third kappa shape index (κ3) is 4.61. The quantitative estimate of drug-likeness (QED) is 0.485. The van der Waals surface area contributed by atoms with Crippen molar-refractivity contribution in [2.75, 3.05) is 48.9 Å². The van der Waals surface area contributed by atoms with E-state index in [2.05, 4.69) is 15.5 Å². The van der Waals surface area contributed by atoms with E-state index < -0.39 is 11.8 Å². The molecule has 2 N–H and O–H groups in total. The summed E-state index contributed by atoms with van der Waals surface area (Å²) < 4.78 is 5.33. The van der Waals surface area contributed by atoms with E-state index in [1.54, 1.807) is 6.07 Å². The minimum Gasteiger partial charge on any atom is -0.378 e. The van der Waals surface area contributed by atoms with Gasteiger partial charge in [0.25, 0.3) is 0 Å².